The highest BCUT2D eigenvalue weighted by Crippen LogP contribution is 2.33. The van der Waals surface area contributed by atoms with Crippen LogP contribution in [0, 0.1) is 12.8 Å². The predicted octanol–water partition coefficient (Wildman–Crippen LogP) is 6.15. The number of benzene rings is 1. The van der Waals surface area contributed by atoms with Crippen LogP contribution in [0.4, 0.5) is 5.69 Å². The zero-order chi connectivity index (χ0) is 13.7. The average Bonchev–Trinajstić information content (AvgIpc) is 2.31. The second-order valence-electron chi connectivity index (χ2n) is 5.10. The van der Waals surface area contributed by atoms with Gasteiger partial charge in [0.1, 0.15) is 0 Å². The molecule has 0 saturated heterocycles. The summed E-state index contributed by atoms with van der Waals surface area (Å²) in [5.74, 6) is 0.769. The number of rotatable bonds is 6. The van der Waals surface area contributed by atoms with E-state index in [4.69, 9.17) is 0 Å². The van der Waals surface area contributed by atoms with Crippen LogP contribution in [0.25, 0.3) is 0 Å². The molecule has 3 heteroatoms. The van der Waals surface area contributed by atoms with Gasteiger partial charge in [-0.3, -0.25) is 0 Å². The van der Waals surface area contributed by atoms with Gasteiger partial charge in [0, 0.05) is 15.0 Å². The molecule has 2 unspecified atom stereocenters. The van der Waals surface area contributed by atoms with E-state index in [0.29, 0.717) is 6.04 Å². The fraction of sp³-hybridized carbons (Fsp3) is 0.600. The Morgan fingerprint density at radius 2 is 1.67 bits per heavy atom. The van der Waals surface area contributed by atoms with Crippen LogP contribution in [0.5, 0.6) is 0 Å². The van der Waals surface area contributed by atoms with Gasteiger partial charge in [0.05, 0.1) is 5.69 Å². The number of aryl methyl sites for hydroxylation is 1. The number of hydrogen-bond donors (Lipinski definition) is 1. The summed E-state index contributed by atoms with van der Waals surface area (Å²) in [5.41, 5.74) is 2.44. The molecule has 1 rings (SSSR count). The first-order valence-corrected chi connectivity index (χ1v) is 8.28. The maximum Gasteiger partial charge on any atom is 0.0631 e. The lowest BCUT2D eigenvalue weighted by molar-refractivity contribution is 0.461. The number of nitrogens with one attached hydrogen (secondary N) is 1. The largest absolute Gasteiger partial charge is 0.380 e. The molecule has 0 fully saturated rings. The molecule has 0 aliphatic rings. The van der Waals surface area contributed by atoms with Gasteiger partial charge in [0.25, 0.3) is 0 Å². The Kier molecular flexibility index (Phi) is 6.72. The Bertz CT molecular complexity index is 367. The molecule has 1 aromatic rings. The van der Waals surface area contributed by atoms with E-state index in [-0.39, 0.29) is 0 Å². The van der Waals surface area contributed by atoms with E-state index in [2.05, 4.69) is 77.0 Å². The van der Waals surface area contributed by atoms with Crippen molar-refractivity contribution in [3.05, 3.63) is 26.6 Å². The highest BCUT2D eigenvalue weighted by molar-refractivity contribution is 9.11. The lowest BCUT2D eigenvalue weighted by atomic mass is 9.97. The Hall–Kier alpha value is -0.0200. The lowest BCUT2D eigenvalue weighted by Gasteiger charge is -2.23. The average molecular weight is 377 g/mol. The summed E-state index contributed by atoms with van der Waals surface area (Å²) in [6, 6.07) is 4.85. The first-order chi connectivity index (χ1) is 8.47. The minimum atomic E-state index is 0.537. The van der Waals surface area contributed by atoms with Crippen LogP contribution >= 0.6 is 31.9 Å². The molecule has 0 aliphatic carbocycles. The van der Waals surface area contributed by atoms with Gasteiger partial charge in [-0.15, -0.1) is 0 Å². The fourth-order valence-electron chi connectivity index (χ4n) is 2.02. The van der Waals surface area contributed by atoms with Gasteiger partial charge in [-0.25, -0.2) is 0 Å². The van der Waals surface area contributed by atoms with E-state index < -0.39 is 0 Å². The summed E-state index contributed by atoms with van der Waals surface area (Å²) >= 11 is 7.29. The molecular weight excluding hydrogens is 354 g/mol. The van der Waals surface area contributed by atoms with Gasteiger partial charge in [0.15, 0.2) is 0 Å². The minimum Gasteiger partial charge on any atom is -0.380 e. The molecular formula is C15H23Br2N. The Labute approximate surface area is 128 Å². The van der Waals surface area contributed by atoms with Crippen LogP contribution in [-0.2, 0) is 0 Å². The van der Waals surface area contributed by atoms with Crippen molar-refractivity contribution in [1.82, 2.24) is 0 Å². The molecule has 0 amide bonds. The van der Waals surface area contributed by atoms with Gasteiger partial charge in [-0.2, -0.15) is 0 Å². The van der Waals surface area contributed by atoms with Gasteiger partial charge < -0.3 is 5.32 Å². The van der Waals surface area contributed by atoms with E-state index in [1.54, 1.807) is 0 Å². The van der Waals surface area contributed by atoms with E-state index in [1.807, 2.05) is 0 Å². The molecule has 0 aromatic heterocycles. The van der Waals surface area contributed by atoms with Crippen molar-refractivity contribution >= 4 is 37.5 Å². The smallest absolute Gasteiger partial charge is 0.0631 e. The quantitative estimate of drug-likeness (QED) is 0.627. The second kappa shape index (κ2) is 7.54. The minimum absolute atomic E-state index is 0.537. The molecule has 0 heterocycles. The summed E-state index contributed by atoms with van der Waals surface area (Å²) in [5, 5.41) is 3.66. The molecule has 2 atom stereocenters. The third-order valence-electron chi connectivity index (χ3n) is 3.41. The van der Waals surface area contributed by atoms with Gasteiger partial charge in [0.2, 0.25) is 0 Å². The van der Waals surface area contributed by atoms with E-state index in [0.717, 1.165) is 21.3 Å². The SMILES string of the molecule is CCC(C)CC(CC)Nc1c(Br)cc(C)cc1Br. The zero-order valence-corrected chi connectivity index (χ0v) is 14.9. The van der Waals surface area contributed by atoms with Crippen LogP contribution < -0.4 is 5.32 Å². The first kappa shape index (κ1) is 16.0. The highest BCUT2D eigenvalue weighted by Gasteiger charge is 2.14. The Morgan fingerprint density at radius 3 is 2.11 bits per heavy atom. The van der Waals surface area contributed by atoms with Crippen LogP contribution in [0.3, 0.4) is 0 Å². The normalized spacial score (nSPS) is 14.3. The van der Waals surface area contributed by atoms with Crippen molar-refractivity contribution in [2.75, 3.05) is 5.32 Å². The Balaban J connectivity index is 2.82. The maximum atomic E-state index is 3.66. The van der Waals surface area contributed by atoms with Crippen molar-refractivity contribution in [2.24, 2.45) is 5.92 Å². The van der Waals surface area contributed by atoms with E-state index >= 15 is 0 Å². The van der Waals surface area contributed by atoms with Crippen molar-refractivity contribution in [2.45, 2.75) is 53.0 Å². The van der Waals surface area contributed by atoms with Crippen LogP contribution in [0.1, 0.15) is 45.6 Å². The zero-order valence-electron chi connectivity index (χ0n) is 11.7. The molecule has 1 aromatic carbocycles. The van der Waals surface area contributed by atoms with E-state index in [1.165, 1.54) is 24.1 Å². The molecule has 0 saturated carbocycles. The van der Waals surface area contributed by atoms with Crippen molar-refractivity contribution < 1.29 is 0 Å². The van der Waals surface area contributed by atoms with Crippen molar-refractivity contribution in [1.29, 1.82) is 0 Å². The standard InChI is InChI=1S/C15H23Br2N/c1-5-10(3)7-12(6-2)18-15-13(16)8-11(4)9-14(15)17/h8-10,12,18H,5-7H2,1-4H3. The highest BCUT2D eigenvalue weighted by atomic mass is 79.9. The lowest BCUT2D eigenvalue weighted by Crippen LogP contribution is -2.21. The fourth-order valence-corrected chi connectivity index (χ4v) is 3.67. The molecule has 18 heavy (non-hydrogen) atoms. The summed E-state index contributed by atoms with van der Waals surface area (Å²) in [6.07, 6.45) is 3.62. The topological polar surface area (TPSA) is 12.0 Å². The molecule has 0 bridgehead atoms. The van der Waals surface area contributed by atoms with Crippen LogP contribution in [0.15, 0.2) is 21.1 Å². The number of hydrogen-bond acceptors (Lipinski definition) is 1. The Morgan fingerprint density at radius 1 is 1.11 bits per heavy atom. The molecule has 0 radical (unpaired) electrons. The van der Waals surface area contributed by atoms with Crippen LogP contribution in [0.2, 0.25) is 0 Å². The van der Waals surface area contributed by atoms with Crippen LogP contribution in [-0.4, -0.2) is 6.04 Å². The number of anilines is 1. The van der Waals surface area contributed by atoms with Gasteiger partial charge >= 0.3 is 0 Å². The van der Waals surface area contributed by atoms with Gasteiger partial charge in [-0.05, 0) is 75.2 Å². The molecule has 1 nitrogen and oxygen atoms in total. The van der Waals surface area contributed by atoms with Gasteiger partial charge in [-0.1, -0.05) is 27.2 Å². The van der Waals surface area contributed by atoms with Crippen molar-refractivity contribution in [3.63, 3.8) is 0 Å². The molecule has 0 aliphatic heterocycles. The summed E-state index contributed by atoms with van der Waals surface area (Å²) < 4.78 is 2.27. The summed E-state index contributed by atoms with van der Waals surface area (Å²) in [6.45, 7) is 8.93. The molecule has 1 N–H and O–H groups in total. The monoisotopic (exact) mass is 375 g/mol. The third-order valence-corrected chi connectivity index (χ3v) is 4.66. The second-order valence-corrected chi connectivity index (χ2v) is 6.81. The molecule has 102 valence electrons. The van der Waals surface area contributed by atoms with Crippen molar-refractivity contribution in [3.8, 4) is 0 Å². The van der Waals surface area contributed by atoms with E-state index in [9.17, 15) is 0 Å². The molecule has 0 spiro atoms. The first-order valence-electron chi connectivity index (χ1n) is 6.70. The number of halogens is 2. The summed E-state index contributed by atoms with van der Waals surface area (Å²) in [7, 11) is 0. The summed E-state index contributed by atoms with van der Waals surface area (Å²) in [4.78, 5) is 0. The maximum absolute atomic E-state index is 3.66. The predicted molar refractivity (Wildman–Crippen MR) is 88.4 cm³/mol. The third kappa shape index (κ3) is 4.58.